The largest absolute Gasteiger partial charge is 0.476 e. The van der Waals surface area contributed by atoms with E-state index < -0.39 is 5.97 Å². The number of aromatic carboxylic acids is 1. The van der Waals surface area contributed by atoms with Crippen molar-refractivity contribution < 1.29 is 9.90 Å². The van der Waals surface area contributed by atoms with E-state index in [-0.39, 0.29) is 5.69 Å². The standard InChI is InChI=1S/C15H18N2O2/c1-2-3-9-14-16-13(15(18)19)11-17(14)10-12-7-5-4-6-8-12/h4-8,11H,2-3,9-10H2,1H3,(H,18,19). The molecule has 0 spiro atoms. The minimum atomic E-state index is -0.968. The van der Waals surface area contributed by atoms with Crippen LogP contribution in [-0.4, -0.2) is 20.6 Å². The number of imidazole rings is 1. The van der Waals surface area contributed by atoms with Crippen molar-refractivity contribution in [3.63, 3.8) is 0 Å². The van der Waals surface area contributed by atoms with Crippen LogP contribution in [0.4, 0.5) is 0 Å². The lowest BCUT2D eigenvalue weighted by molar-refractivity contribution is 0.0691. The molecule has 0 unspecified atom stereocenters. The highest BCUT2D eigenvalue weighted by Gasteiger charge is 2.12. The van der Waals surface area contributed by atoms with Gasteiger partial charge in [0.1, 0.15) is 5.82 Å². The lowest BCUT2D eigenvalue weighted by atomic mass is 10.2. The third kappa shape index (κ3) is 3.44. The van der Waals surface area contributed by atoms with Crippen LogP contribution in [0.2, 0.25) is 0 Å². The maximum atomic E-state index is 11.0. The second kappa shape index (κ2) is 6.18. The first-order valence-corrected chi connectivity index (χ1v) is 6.54. The first-order valence-electron chi connectivity index (χ1n) is 6.54. The van der Waals surface area contributed by atoms with Gasteiger partial charge in [-0.3, -0.25) is 0 Å². The van der Waals surface area contributed by atoms with E-state index in [1.54, 1.807) is 6.20 Å². The van der Waals surface area contributed by atoms with E-state index in [4.69, 9.17) is 5.11 Å². The van der Waals surface area contributed by atoms with Crippen LogP contribution < -0.4 is 0 Å². The first kappa shape index (κ1) is 13.3. The van der Waals surface area contributed by atoms with Crippen LogP contribution in [0.15, 0.2) is 36.5 Å². The number of aromatic nitrogens is 2. The Kier molecular flexibility index (Phi) is 4.34. The molecule has 0 aliphatic rings. The molecule has 4 heteroatoms. The minimum Gasteiger partial charge on any atom is -0.476 e. The van der Waals surface area contributed by atoms with E-state index in [9.17, 15) is 4.79 Å². The van der Waals surface area contributed by atoms with Crippen LogP contribution >= 0.6 is 0 Å². The van der Waals surface area contributed by atoms with Gasteiger partial charge in [0.05, 0.1) is 0 Å². The number of carbonyl (C=O) groups is 1. The van der Waals surface area contributed by atoms with Crippen molar-refractivity contribution in [3.8, 4) is 0 Å². The monoisotopic (exact) mass is 258 g/mol. The second-order valence-electron chi connectivity index (χ2n) is 4.56. The number of unbranched alkanes of at least 4 members (excludes halogenated alkanes) is 1. The van der Waals surface area contributed by atoms with E-state index in [1.807, 2.05) is 34.9 Å². The Morgan fingerprint density at radius 1 is 1.32 bits per heavy atom. The van der Waals surface area contributed by atoms with Crippen LogP contribution in [-0.2, 0) is 13.0 Å². The molecule has 0 radical (unpaired) electrons. The summed E-state index contributed by atoms with van der Waals surface area (Å²) in [7, 11) is 0. The molecular formula is C15H18N2O2. The van der Waals surface area contributed by atoms with Crippen molar-refractivity contribution in [2.24, 2.45) is 0 Å². The summed E-state index contributed by atoms with van der Waals surface area (Å²) in [6, 6.07) is 10.00. The molecule has 0 aliphatic heterocycles. The number of carboxylic acids is 1. The number of benzene rings is 1. The molecule has 0 amide bonds. The molecule has 0 saturated heterocycles. The van der Waals surface area contributed by atoms with Crippen molar-refractivity contribution >= 4 is 5.97 Å². The number of nitrogens with zero attached hydrogens (tertiary/aromatic N) is 2. The van der Waals surface area contributed by atoms with Gasteiger partial charge >= 0.3 is 5.97 Å². The molecule has 0 aliphatic carbocycles. The van der Waals surface area contributed by atoms with E-state index in [0.29, 0.717) is 6.54 Å². The quantitative estimate of drug-likeness (QED) is 0.866. The Labute approximate surface area is 112 Å². The summed E-state index contributed by atoms with van der Waals surface area (Å²) < 4.78 is 1.94. The molecule has 0 saturated carbocycles. The molecule has 1 N–H and O–H groups in total. The van der Waals surface area contributed by atoms with E-state index in [1.165, 1.54) is 0 Å². The fourth-order valence-electron chi connectivity index (χ4n) is 2.01. The maximum absolute atomic E-state index is 11.0. The third-order valence-electron chi connectivity index (χ3n) is 3.03. The topological polar surface area (TPSA) is 55.1 Å². The molecule has 19 heavy (non-hydrogen) atoms. The molecule has 2 rings (SSSR count). The molecule has 2 aromatic rings. The Hall–Kier alpha value is -2.10. The van der Waals surface area contributed by atoms with Gasteiger partial charge in [0.15, 0.2) is 5.69 Å². The molecule has 1 aromatic carbocycles. The van der Waals surface area contributed by atoms with Gasteiger partial charge in [-0.2, -0.15) is 0 Å². The zero-order valence-corrected chi connectivity index (χ0v) is 11.0. The van der Waals surface area contributed by atoms with Gasteiger partial charge in [-0.05, 0) is 12.0 Å². The fraction of sp³-hybridized carbons (Fsp3) is 0.333. The lowest BCUT2D eigenvalue weighted by Gasteiger charge is -2.07. The van der Waals surface area contributed by atoms with Crippen molar-refractivity contribution in [1.82, 2.24) is 9.55 Å². The SMILES string of the molecule is CCCCc1nc(C(=O)O)cn1Cc1ccccc1. The average molecular weight is 258 g/mol. The Bertz CT molecular complexity index is 547. The number of hydrogen-bond acceptors (Lipinski definition) is 2. The van der Waals surface area contributed by atoms with Gasteiger partial charge in [-0.25, -0.2) is 9.78 Å². The predicted octanol–water partition coefficient (Wildman–Crippen LogP) is 2.97. The molecule has 0 fully saturated rings. The maximum Gasteiger partial charge on any atom is 0.356 e. The summed E-state index contributed by atoms with van der Waals surface area (Å²) in [5.41, 5.74) is 1.27. The zero-order chi connectivity index (χ0) is 13.7. The average Bonchev–Trinajstić information content (AvgIpc) is 2.81. The third-order valence-corrected chi connectivity index (χ3v) is 3.03. The molecular weight excluding hydrogens is 240 g/mol. The van der Waals surface area contributed by atoms with Crippen LogP contribution in [0.25, 0.3) is 0 Å². The molecule has 0 bridgehead atoms. The number of carboxylic acid groups (broad SMARTS) is 1. The van der Waals surface area contributed by atoms with Crippen molar-refractivity contribution in [1.29, 1.82) is 0 Å². The summed E-state index contributed by atoms with van der Waals surface area (Å²) in [6.07, 6.45) is 4.53. The van der Waals surface area contributed by atoms with E-state index in [0.717, 1.165) is 30.7 Å². The molecule has 100 valence electrons. The highest BCUT2D eigenvalue weighted by Crippen LogP contribution is 2.11. The Morgan fingerprint density at radius 3 is 2.68 bits per heavy atom. The smallest absolute Gasteiger partial charge is 0.356 e. The second-order valence-corrected chi connectivity index (χ2v) is 4.56. The number of hydrogen-bond donors (Lipinski definition) is 1. The van der Waals surface area contributed by atoms with Gasteiger partial charge in [-0.1, -0.05) is 43.7 Å². The van der Waals surface area contributed by atoms with Crippen LogP contribution in [0, 0.1) is 0 Å². The lowest BCUT2D eigenvalue weighted by Crippen LogP contribution is -2.04. The molecule has 0 atom stereocenters. The van der Waals surface area contributed by atoms with Gasteiger partial charge in [0.25, 0.3) is 0 Å². The highest BCUT2D eigenvalue weighted by molar-refractivity contribution is 5.85. The van der Waals surface area contributed by atoms with Crippen molar-refractivity contribution in [2.75, 3.05) is 0 Å². The van der Waals surface area contributed by atoms with E-state index >= 15 is 0 Å². The number of rotatable bonds is 6. The zero-order valence-electron chi connectivity index (χ0n) is 11.0. The number of aryl methyl sites for hydroxylation is 1. The first-order chi connectivity index (χ1) is 9.20. The van der Waals surface area contributed by atoms with Crippen molar-refractivity contribution in [3.05, 3.63) is 53.6 Å². The molecule has 4 nitrogen and oxygen atoms in total. The summed E-state index contributed by atoms with van der Waals surface area (Å²) in [5.74, 6) is -0.118. The Morgan fingerprint density at radius 2 is 2.05 bits per heavy atom. The van der Waals surface area contributed by atoms with Crippen LogP contribution in [0.3, 0.4) is 0 Å². The van der Waals surface area contributed by atoms with Crippen LogP contribution in [0.5, 0.6) is 0 Å². The molecule has 1 heterocycles. The van der Waals surface area contributed by atoms with Gasteiger partial charge in [0, 0.05) is 19.2 Å². The minimum absolute atomic E-state index is 0.127. The molecule has 1 aromatic heterocycles. The Balaban J connectivity index is 2.24. The summed E-state index contributed by atoms with van der Waals surface area (Å²) in [4.78, 5) is 15.2. The summed E-state index contributed by atoms with van der Waals surface area (Å²) >= 11 is 0. The normalized spacial score (nSPS) is 10.6. The van der Waals surface area contributed by atoms with Gasteiger partial charge in [0.2, 0.25) is 0 Å². The van der Waals surface area contributed by atoms with E-state index in [2.05, 4.69) is 11.9 Å². The van der Waals surface area contributed by atoms with Gasteiger partial charge < -0.3 is 9.67 Å². The fourth-order valence-corrected chi connectivity index (χ4v) is 2.01. The van der Waals surface area contributed by atoms with Crippen molar-refractivity contribution in [2.45, 2.75) is 32.7 Å². The van der Waals surface area contributed by atoms with Crippen LogP contribution in [0.1, 0.15) is 41.6 Å². The van der Waals surface area contributed by atoms with Gasteiger partial charge in [-0.15, -0.1) is 0 Å². The predicted molar refractivity (Wildman–Crippen MR) is 73.3 cm³/mol. The highest BCUT2D eigenvalue weighted by atomic mass is 16.4. The summed E-state index contributed by atoms with van der Waals surface area (Å²) in [6.45, 7) is 2.78. The summed E-state index contributed by atoms with van der Waals surface area (Å²) in [5, 5.41) is 9.04.